The Hall–Kier alpha value is -1.73. The van der Waals surface area contributed by atoms with Gasteiger partial charge in [-0.1, -0.05) is 0 Å². The third-order valence-corrected chi connectivity index (χ3v) is 2.86. The van der Waals surface area contributed by atoms with E-state index in [0.717, 1.165) is 37.4 Å². The Morgan fingerprint density at radius 2 is 2.18 bits per heavy atom. The molecule has 2 N–H and O–H groups in total. The predicted octanol–water partition coefficient (Wildman–Crippen LogP) is 1.89. The van der Waals surface area contributed by atoms with Gasteiger partial charge in [-0.3, -0.25) is 0 Å². The first-order valence-corrected chi connectivity index (χ1v) is 5.79. The van der Waals surface area contributed by atoms with Gasteiger partial charge in [-0.15, -0.1) is 0 Å². The first-order valence-electron chi connectivity index (χ1n) is 5.79. The number of nitrogens with two attached hydrogens (primary N) is 1. The number of hydrogen-bond donors (Lipinski definition) is 1. The highest BCUT2D eigenvalue weighted by molar-refractivity contribution is 5.51. The number of ether oxygens (including phenoxy) is 2. The van der Waals surface area contributed by atoms with Crippen LogP contribution in [-0.2, 0) is 11.2 Å². The molecule has 1 aromatic rings. The van der Waals surface area contributed by atoms with Crippen LogP contribution in [0.3, 0.4) is 0 Å². The van der Waals surface area contributed by atoms with E-state index in [1.165, 1.54) is 0 Å². The van der Waals surface area contributed by atoms with Crippen LogP contribution in [0.1, 0.15) is 18.4 Å². The molecule has 0 radical (unpaired) electrons. The molecule has 0 amide bonds. The van der Waals surface area contributed by atoms with E-state index in [0.29, 0.717) is 12.1 Å². The van der Waals surface area contributed by atoms with Crippen molar-refractivity contribution < 1.29 is 9.47 Å². The van der Waals surface area contributed by atoms with Gasteiger partial charge in [0.2, 0.25) is 0 Å². The lowest BCUT2D eigenvalue weighted by molar-refractivity contribution is 0.0255. The molecule has 0 unspecified atom stereocenters. The summed E-state index contributed by atoms with van der Waals surface area (Å²) >= 11 is 0. The zero-order valence-electron chi connectivity index (χ0n) is 9.69. The van der Waals surface area contributed by atoms with Gasteiger partial charge < -0.3 is 15.2 Å². The monoisotopic (exact) mass is 232 g/mol. The maximum atomic E-state index is 8.69. The molecule has 1 fully saturated rings. The number of nitrogens with zero attached hydrogens (tertiary/aromatic N) is 1. The van der Waals surface area contributed by atoms with Crippen LogP contribution >= 0.6 is 0 Å². The average molecular weight is 232 g/mol. The molecule has 1 aliphatic heterocycles. The summed E-state index contributed by atoms with van der Waals surface area (Å²) in [5, 5.41) is 8.69. The van der Waals surface area contributed by atoms with Crippen molar-refractivity contribution in [3.05, 3.63) is 23.8 Å². The zero-order valence-corrected chi connectivity index (χ0v) is 9.69. The Kier molecular flexibility index (Phi) is 3.84. The molecule has 0 atom stereocenters. The molecule has 1 aromatic carbocycles. The molecule has 1 heterocycles. The normalized spacial score (nSPS) is 16.4. The number of nitriles is 1. The van der Waals surface area contributed by atoms with Crippen LogP contribution in [0.5, 0.6) is 5.75 Å². The highest BCUT2D eigenvalue weighted by Gasteiger charge is 2.15. The lowest BCUT2D eigenvalue weighted by Gasteiger charge is -2.23. The minimum atomic E-state index is 0.210. The second-order valence-electron chi connectivity index (χ2n) is 4.13. The molecule has 0 bridgehead atoms. The molecule has 0 spiro atoms. The molecule has 2 rings (SSSR count). The van der Waals surface area contributed by atoms with Crippen molar-refractivity contribution in [2.24, 2.45) is 0 Å². The molecule has 17 heavy (non-hydrogen) atoms. The third-order valence-electron chi connectivity index (χ3n) is 2.86. The highest BCUT2D eigenvalue weighted by Crippen LogP contribution is 2.23. The third kappa shape index (κ3) is 3.11. The second-order valence-corrected chi connectivity index (χ2v) is 4.13. The number of hydrogen-bond acceptors (Lipinski definition) is 4. The van der Waals surface area contributed by atoms with Crippen molar-refractivity contribution in [3.63, 3.8) is 0 Å². The van der Waals surface area contributed by atoms with Crippen LogP contribution in [-0.4, -0.2) is 19.3 Å². The summed E-state index contributed by atoms with van der Waals surface area (Å²) in [6.07, 6.45) is 2.36. The molecule has 0 aliphatic carbocycles. The highest BCUT2D eigenvalue weighted by atomic mass is 16.5. The molecule has 4 nitrogen and oxygen atoms in total. The fraction of sp³-hybridized carbons (Fsp3) is 0.462. The minimum absolute atomic E-state index is 0.210. The molecule has 1 aliphatic rings. The average Bonchev–Trinajstić information content (AvgIpc) is 2.35. The van der Waals surface area contributed by atoms with Gasteiger partial charge >= 0.3 is 0 Å². The summed E-state index contributed by atoms with van der Waals surface area (Å²) in [4.78, 5) is 0. The first kappa shape index (κ1) is 11.7. The lowest BCUT2D eigenvalue weighted by Crippen LogP contribution is -2.25. The van der Waals surface area contributed by atoms with E-state index < -0.39 is 0 Å². The van der Waals surface area contributed by atoms with Crippen molar-refractivity contribution in [1.82, 2.24) is 0 Å². The van der Waals surface area contributed by atoms with E-state index in [-0.39, 0.29) is 6.10 Å². The summed E-state index contributed by atoms with van der Waals surface area (Å²) in [6.45, 7) is 1.51. The van der Waals surface area contributed by atoms with Crippen LogP contribution in [0, 0.1) is 11.3 Å². The SMILES string of the molecule is N#CCc1cc(OC2CCOCC2)ccc1N. The van der Waals surface area contributed by atoms with Gasteiger partial charge in [0.25, 0.3) is 0 Å². The zero-order chi connectivity index (χ0) is 12.1. The number of nitrogen functional groups attached to an aromatic ring is 1. The van der Waals surface area contributed by atoms with Crippen LogP contribution in [0.15, 0.2) is 18.2 Å². The maximum absolute atomic E-state index is 8.69. The Balaban J connectivity index is 2.05. The summed E-state index contributed by atoms with van der Waals surface area (Å²) in [6, 6.07) is 7.60. The van der Waals surface area contributed by atoms with Gasteiger partial charge in [-0.05, 0) is 23.8 Å². The lowest BCUT2D eigenvalue weighted by atomic mass is 10.1. The largest absolute Gasteiger partial charge is 0.490 e. The van der Waals surface area contributed by atoms with Gasteiger partial charge in [0.15, 0.2) is 0 Å². The molecule has 1 saturated heterocycles. The Morgan fingerprint density at radius 3 is 2.88 bits per heavy atom. The summed E-state index contributed by atoms with van der Waals surface area (Å²) < 4.78 is 11.1. The van der Waals surface area contributed by atoms with Crippen LogP contribution in [0.4, 0.5) is 5.69 Å². The van der Waals surface area contributed by atoms with Gasteiger partial charge in [0.1, 0.15) is 11.9 Å². The van der Waals surface area contributed by atoms with E-state index in [1.54, 1.807) is 6.07 Å². The molecule has 0 saturated carbocycles. The van der Waals surface area contributed by atoms with E-state index in [2.05, 4.69) is 6.07 Å². The molecule has 90 valence electrons. The Labute approximate surface area is 101 Å². The molecular formula is C13H16N2O2. The van der Waals surface area contributed by atoms with Crippen molar-refractivity contribution in [2.75, 3.05) is 18.9 Å². The Morgan fingerprint density at radius 1 is 1.41 bits per heavy atom. The van der Waals surface area contributed by atoms with Crippen LogP contribution < -0.4 is 10.5 Å². The maximum Gasteiger partial charge on any atom is 0.120 e. The smallest absolute Gasteiger partial charge is 0.120 e. The van der Waals surface area contributed by atoms with E-state index in [9.17, 15) is 0 Å². The first-order chi connectivity index (χ1) is 8.29. The standard InChI is InChI=1S/C13H16N2O2/c14-6-3-10-9-12(1-2-13(10)15)17-11-4-7-16-8-5-11/h1-2,9,11H,3-5,7-8,15H2. The molecular weight excluding hydrogens is 216 g/mol. The number of rotatable bonds is 3. The molecule has 4 heteroatoms. The van der Waals surface area contributed by atoms with Crippen LogP contribution in [0.25, 0.3) is 0 Å². The Bertz CT molecular complexity index is 420. The quantitative estimate of drug-likeness (QED) is 0.808. The van der Waals surface area contributed by atoms with Gasteiger partial charge in [0, 0.05) is 18.5 Å². The van der Waals surface area contributed by atoms with Crippen molar-refractivity contribution in [2.45, 2.75) is 25.4 Å². The fourth-order valence-electron chi connectivity index (χ4n) is 1.88. The fourth-order valence-corrected chi connectivity index (χ4v) is 1.88. The minimum Gasteiger partial charge on any atom is -0.490 e. The van der Waals surface area contributed by atoms with E-state index in [1.807, 2.05) is 12.1 Å². The van der Waals surface area contributed by atoms with Gasteiger partial charge in [0.05, 0.1) is 25.7 Å². The summed E-state index contributed by atoms with van der Waals surface area (Å²) in [5.74, 6) is 0.788. The predicted molar refractivity (Wildman–Crippen MR) is 64.6 cm³/mol. The number of benzene rings is 1. The molecule has 0 aromatic heterocycles. The van der Waals surface area contributed by atoms with Crippen LogP contribution in [0.2, 0.25) is 0 Å². The second kappa shape index (κ2) is 5.55. The van der Waals surface area contributed by atoms with Crippen molar-refractivity contribution in [1.29, 1.82) is 5.26 Å². The van der Waals surface area contributed by atoms with Gasteiger partial charge in [-0.25, -0.2) is 0 Å². The summed E-state index contributed by atoms with van der Waals surface area (Å²) in [5.41, 5.74) is 7.26. The van der Waals surface area contributed by atoms with E-state index >= 15 is 0 Å². The van der Waals surface area contributed by atoms with Gasteiger partial charge in [-0.2, -0.15) is 5.26 Å². The number of anilines is 1. The van der Waals surface area contributed by atoms with E-state index in [4.69, 9.17) is 20.5 Å². The van der Waals surface area contributed by atoms with Crippen molar-refractivity contribution >= 4 is 5.69 Å². The topological polar surface area (TPSA) is 68.3 Å². The summed E-state index contributed by atoms with van der Waals surface area (Å²) in [7, 11) is 0. The van der Waals surface area contributed by atoms with Crippen molar-refractivity contribution in [3.8, 4) is 11.8 Å².